The fourth-order valence-corrected chi connectivity index (χ4v) is 3.23. The number of hydrogen-bond acceptors (Lipinski definition) is 4. The van der Waals surface area contributed by atoms with Gasteiger partial charge >= 0.3 is 5.97 Å². The molecule has 7 heteroatoms. The first kappa shape index (κ1) is 19.0. The van der Waals surface area contributed by atoms with Crippen LogP contribution in [0.5, 0.6) is 0 Å². The first-order valence-electron chi connectivity index (χ1n) is 8.09. The highest BCUT2D eigenvalue weighted by Gasteiger charge is 2.30. The molecule has 5 nitrogen and oxygen atoms in total. The highest BCUT2D eigenvalue weighted by Crippen LogP contribution is 2.26. The van der Waals surface area contributed by atoms with E-state index in [0.29, 0.717) is 48.3 Å². The number of esters is 1. The maximum Gasteiger partial charge on any atom is 0.309 e. The normalized spacial score (nSPS) is 17.3. The zero-order valence-corrected chi connectivity index (χ0v) is 15.4. The van der Waals surface area contributed by atoms with Gasteiger partial charge in [-0.2, -0.15) is 0 Å². The fraction of sp³-hybridized carbons (Fsp3) is 0.529. The Labute approximate surface area is 152 Å². The third kappa shape index (κ3) is 4.85. The highest BCUT2D eigenvalue weighted by atomic mass is 35.5. The number of carbonyl (C=O) groups excluding carboxylic acids is 2. The van der Waals surface area contributed by atoms with E-state index < -0.39 is 0 Å². The summed E-state index contributed by atoms with van der Waals surface area (Å²) in [6.07, 6.45) is 1.41. The van der Waals surface area contributed by atoms with E-state index in [2.05, 4.69) is 10.2 Å². The largest absolute Gasteiger partial charge is 0.466 e. The van der Waals surface area contributed by atoms with Crippen molar-refractivity contribution in [2.75, 3.05) is 25.0 Å². The molecule has 24 heavy (non-hydrogen) atoms. The zero-order chi connectivity index (χ0) is 17.7. The number of likely N-dealkylation sites (tertiary alicyclic amines) is 1. The van der Waals surface area contributed by atoms with Crippen molar-refractivity contribution in [1.82, 2.24) is 4.90 Å². The molecule has 1 aromatic rings. The number of benzene rings is 1. The van der Waals surface area contributed by atoms with Gasteiger partial charge in [0.25, 0.3) is 0 Å². The van der Waals surface area contributed by atoms with Crippen LogP contribution in [0.15, 0.2) is 18.2 Å². The van der Waals surface area contributed by atoms with Crippen molar-refractivity contribution in [2.24, 2.45) is 5.92 Å². The van der Waals surface area contributed by atoms with Crippen LogP contribution in [0.1, 0.15) is 26.7 Å². The van der Waals surface area contributed by atoms with Gasteiger partial charge in [-0.1, -0.05) is 23.2 Å². The monoisotopic (exact) mass is 372 g/mol. The molecular formula is C17H22Cl2N2O3. The van der Waals surface area contributed by atoms with Gasteiger partial charge in [-0.05, 0) is 58.0 Å². The van der Waals surface area contributed by atoms with E-state index in [1.54, 1.807) is 25.1 Å². The summed E-state index contributed by atoms with van der Waals surface area (Å²) in [4.78, 5) is 26.3. The molecule has 0 radical (unpaired) electrons. The van der Waals surface area contributed by atoms with Gasteiger partial charge in [-0.25, -0.2) is 0 Å². The molecule has 1 atom stereocenters. The second-order valence-corrected chi connectivity index (χ2v) is 6.70. The molecule has 1 N–H and O–H groups in total. The van der Waals surface area contributed by atoms with Gasteiger partial charge in [0.2, 0.25) is 5.91 Å². The molecule has 0 bridgehead atoms. The molecule has 0 aromatic heterocycles. The van der Waals surface area contributed by atoms with Crippen molar-refractivity contribution >= 4 is 40.8 Å². The molecular weight excluding hydrogens is 351 g/mol. The van der Waals surface area contributed by atoms with Crippen molar-refractivity contribution in [2.45, 2.75) is 32.7 Å². The lowest BCUT2D eigenvalue weighted by atomic mass is 9.96. The molecule has 1 aromatic carbocycles. The summed E-state index contributed by atoms with van der Waals surface area (Å²) in [5.74, 6) is -0.335. The lowest BCUT2D eigenvalue weighted by Gasteiger charge is -2.34. The maximum absolute atomic E-state index is 12.4. The minimum Gasteiger partial charge on any atom is -0.466 e. The zero-order valence-electron chi connectivity index (χ0n) is 13.9. The molecule has 132 valence electrons. The first-order chi connectivity index (χ1) is 11.4. The number of nitrogens with zero attached hydrogens (tertiary/aromatic N) is 1. The van der Waals surface area contributed by atoms with Gasteiger partial charge in [0.1, 0.15) is 0 Å². The van der Waals surface area contributed by atoms with E-state index in [4.69, 9.17) is 27.9 Å². The quantitative estimate of drug-likeness (QED) is 0.802. The van der Waals surface area contributed by atoms with Crippen LogP contribution < -0.4 is 5.32 Å². The molecule has 0 unspecified atom stereocenters. The molecule has 1 heterocycles. The SMILES string of the molecule is CCOC(=O)C1CCN([C@@H](C)C(=O)Nc2ccc(Cl)cc2Cl)CC1. The van der Waals surface area contributed by atoms with E-state index in [1.165, 1.54) is 0 Å². The van der Waals surface area contributed by atoms with E-state index in [1.807, 2.05) is 6.92 Å². The van der Waals surface area contributed by atoms with Gasteiger partial charge in [-0.3, -0.25) is 14.5 Å². The predicted octanol–water partition coefficient (Wildman–Crippen LogP) is 3.60. The van der Waals surface area contributed by atoms with Crippen molar-refractivity contribution in [3.63, 3.8) is 0 Å². The number of rotatable bonds is 5. The lowest BCUT2D eigenvalue weighted by Crippen LogP contribution is -2.47. The molecule has 1 saturated heterocycles. The van der Waals surface area contributed by atoms with Crippen LogP contribution in [-0.4, -0.2) is 42.5 Å². The summed E-state index contributed by atoms with van der Waals surface area (Å²) < 4.78 is 5.06. The average Bonchev–Trinajstić information content (AvgIpc) is 2.57. The van der Waals surface area contributed by atoms with Crippen molar-refractivity contribution < 1.29 is 14.3 Å². The lowest BCUT2D eigenvalue weighted by molar-refractivity contribution is -0.149. The second-order valence-electron chi connectivity index (χ2n) is 5.85. The van der Waals surface area contributed by atoms with Crippen LogP contribution in [0.4, 0.5) is 5.69 Å². The minimum absolute atomic E-state index is 0.0674. The Morgan fingerprint density at radius 3 is 2.58 bits per heavy atom. The van der Waals surface area contributed by atoms with Crippen molar-refractivity contribution in [3.05, 3.63) is 28.2 Å². The Kier molecular flexibility index (Phi) is 6.90. The molecule has 1 amide bonds. The molecule has 0 spiro atoms. The Morgan fingerprint density at radius 2 is 2.00 bits per heavy atom. The smallest absolute Gasteiger partial charge is 0.309 e. The summed E-state index contributed by atoms with van der Waals surface area (Å²) in [6.45, 7) is 5.43. The van der Waals surface area contributed by atoms with Crippen LogP contribution in [0.2, 0.25) is 10.0 Å². The predicted molar refractivity (Wildman–Crippen MR) is 95.5 cm³/mol. The number of amides is 1. The van der Waals surface area contributed by atoms with Crippen molar-refractivity contribution in [1.29, 1.82) is 0 Å². The van der Waals surface area contributed by atoms with Crippen LogP contribution in [-0.2, 0) is 14.3 Å². The Balaban J connectivity index is 1.89. The molecule has 1 aliphatic heterocycles. The molecule has 2 rings (SSSR count). The fourth-order valence-electron chi connectivity index (χ4n) is 2.78. The number of nitrogens with one attached hydrogen (secondary N) is 1. The summed E-state index contributed by atoms with van der Waals surface area (Å²) in [6, 6.07) is 4.65. The third-order valence-corrected chi connectivity index (χ3v) is 4.81. The summed E-state index contributed by atoms with van der Waals surface area (Å²) in [7, 11) is 0. The van der Waals surface area contributed by atoms with Crippen LogP contribution in [0.3, 0.4) is 0 Å². The van der Waals surface area contributed by atoms with Gasteiger partial charge in [0.05, 0.1) is 29.3 Å². The summed E-state index contributed by atoms with van der Waals surface area (Å²) in [5, 5.41) is 3.75. The third-order valence-electron chi connectivity index (χ3n) is 4.27. The van der Waals surface area contributed by atoms with Gasteiger partial charge in [0, 0.05) is 5.02 Å². The molecule has 1 fully saturated rings. The Bertz CT molecular complexity index is 601. The van der Waals surface area contributed by atoms with E-state index in [-0.39, 0.29) is 23.8 Å². The van der Waals surface area contributed by atoms with Crippen molar-refractivity contribution in [3.8, 4) is 0 Å². The van der Waals surface area contributed by atoms with E-state index in [9.17, 15) is 9.59 Å². The molecule has 0 aliphatic carbocycles. The summed E-state index contributed by atoms with van der Waals surface area (Å²) >= 11 is 11.9. The van der Waals surface area contributed by atoms with E-state index in [0.717, 1.165) is 0 Å². The number of ether oxygens (including phenoxy) is 1. The highest BCUT2D eigenvalue weighted by molar-refractivity contribution is 6.36. The number of carbonyl (C=O) groups is 2. The standard InChI is InChI=1S/C17H22Cl2N2O3/c1-3-24-17(23)12-6-8-21(9-7-12)11(2)16(22)20-15-5-4-13(18)10-14(15)19/h4-5,10-12H,3,6-9H2,1-2H3,(H,20,22)/t11-/m0/s1. The number of anilines is 1. The average molecular weight is 373 g/mol. The van der Waals surface area contributed by atoms with Gasteiger partial charge in [0.15, 0.2) is 0 Å². The van der Waals surface area contributed by atoms with E-state index >= 15 is 0 Å². The molecule has 0 saturated carbocycles. The molecule has 1 aliphatic rings. The van der Waals surface area contributed by atoms with Crippen LogP contribution >= 0.6 is 23.2 Å². The Morgan fingerprint density at radius 1 is 1.33 bits per heavy atom. The number of halogens is 2. The van der Waals surface area contributed by atoms with Gasteiger partial charge in [-0.15, -0.1) is 0 Å². The van der Waals surface area contributed by atoms with Crippen LogP contribution in [0.25, 0.3) is 0 Å². The summed E-state index contributed by atoms with van der Waals surface area (Å²) in [5.41, 5.74) is 0.541. The van der Waals surface area contributed by atoms with Gasteiger partial charge < -0.3 is 10.1 Å². The topological polar surface area (TPSA) is 58.6 Å². The maximum atomic E-state index is 12.4. The minimum atomic E-state index is -0.306. The van der Waals surface area contributed by atoms with Crippen LogP contribution in [0, 0.1) is 5.92 Å². The first-order valence-corrected chi connectivity index (χ1v) is 8.84. The second kappa shape index (κ2) is 8.70. The number of piperidine rings is 1. The number of hydrogen-bond donors (Lipinski definition) is 1. The Hall–Kier alpha value is -1.30.